The average molecular weight is 331 g/mol. The number of phenolic OH excluding ortho intramolecular Hbond substituents is 2. The van der Waals surface area contributed by atoms with E-state index in [-0.39, 0.29) is 17.4 Å². The number of benzene rings is 1. The van der Waals surface area contributed by atoms with E-state index in [2.05, 4.69) is 22.6 Å². The van der Waals surface area contributed by atoms with Gasteiger partial charge in [0.15, 0.2) is 0 Å². The molecule has 1 aromatic heterocycles. The highest BCUT2D eigenvalue weighted by Gasteiger charge is 2.33. The van der Waals surface area contributed by atoms with Crippen molar-refractivity contribution in [2.24, 2.45) is 0 Å². The number of aromatic hydroxyl groups is 2. The van der Waals surface area contributed by atoms with Gasteiger partial charge in [-0.05, 0) is 31.2 Å². The van der Waals surface area contributed by atoms with Crippen molar-refractivity contribution in [1.29, 1.82) is 0 Å². The molecule has 4 rings (SSSR count). The average Bonchev–Trinajstić information content (AvgIpc) is 2.84. The van der Waals surface area contributed by atoms with Gasteiger partial charge < -0.3 is 25.7 Å². The number of rotatable bonds is 1. The first-order valence-corrected chi connectivity index (χ1v) is 8.27. The number of phenols is 2. The molecule has 0 fully saturated rings. The highest BCUT2D eigenvalue weighted by Crippen LogP contribution is 2.41. The van der Waals surface area contributed by atoms with Crippen LogP contribution in [0.3, 0.4) is 0 Å². The molecule has 6 nitrogen and oxygen atoms in total. The number of hydrogen-bond acceptors (Lipinski definition) is 6. The molecule has 0 aliphatic carbocycles. The second kappa shape index (κ2) is 5.14. The van der Waals surface area contributed by atoms with Crippen LogP contribution in [-0.4, -0.2) is 34.6 Å². The molecule has 7 heteroatoms. The first-order valence-electron chi connectivity index (χ1n) is 7.45. The number of carbonyl (C=O) groups excluding carboxylic acids is 1. The predicted molar refractivity (Wildman–Crippen MR) is 88.0 cm³/mol. The summed E-state index contributed by atoms with van der Waals surface area (Å²) in [6, 6.07) is 4.37. The number of hydrogen-bond donors (Lipinski definition) is 4. The molecule has 1 atom stereocenters. The summed E-state index contributed by atoms with van der Waals surface area (Å²) < 4.78 is 0. The van der Waals surface area contributed by atoms with Gasteiger partial charge in [-0.3, -0.25) is 4.79 Å². The van der Waals surface area contributed by atoms with Gasteiger partial charge in [-0.25, -0.2) is 0 Å². The molecule has 0 saturated carbocycles. The van der Waals surface area contributed by atoms with Gasteiger partial charge in [-0.2, -0.15) is 0 Å². The van der Waals surface area contributed by atoms with Crippen LogP contribution in [0.1, 0.15) is 32.5 Å². The van der Waals surface area contributed by atoms with Gasteiger partial charge in [-0.15, -0.1) is 11.3 Å². The number of carbonyl (C=O) groups is 1. The minimum atomic E-state index is -0.506. The van der Waals surface area contributed by atoms with Gasteiger partial charge in [-0.1, -0.05) is 0 Å². The standard InChI is InChI=1S/C16H17N3O3S/c1-19-5-4-10-12(7-19)23-16-13(10)15(22)17-14(18-16)9-3-2-8(20)6-11(9)21/h2-3,6,14,18,20-21H,4-5,7H2,1H3,(H,17,22). The number of amides is 1. The molecular weight excluding hydrogens is 314 g/mol. The summed E-state index contributed by atoms with van der Waals surface area (Å²) in [5.74, 6) is -0.172. The molecule has 2 aromatic rings. The number of nitrogens with one attached hydrogen (secondary N) is 2. The summed E-state index contributed by atoms with van der Waals surface area (Å²) in [7, 11) is 2.08. The summed E-state index contributed by atoms with van der Waals surface area (Å²) >= 11 is 1.61. The molecule has 0 bridgehead atoms. The molecule has 1 unspecified atom stereocenters. The van der Waals surface area contributed by atoms with Crippen LogP contribution >= 0.6 is 11.3 Å². The van der Waals surface area contributed by atoms with E-state index in [0.717, 1.165) is 35.6 Å². The molecular formula is C16H17N3O3S. The van der Waals surface area contributed by atoms with Crippen molar-refractivity contribution < 1.29 is 15.0 Å². The maximum atomic E-state index is 12.6. The second-order valence-corrected chi connectivity index (χ2v) is 7.09. The molecule has 4 N–H and O–H groups in total. The Bertz CT molecular complexity index is 802. The molecule has 1 aromatic carbocycles. The van der Waals surface area contributed by atoms with Crippen molar-refractivity contribution in [3.05, 3.63) is 39.8 Å². The molecule has 23 heavy (non-hydrogen) atoms. The minimum Gasteiger partial charge on any atom is -0.508 e. The molecule has 2 aliphatic heterocycles. The lowest BCUT2D eigenvalue weighted by Crippen LogP contribution is -2.38. The van der Waals surface area contributed by atoms with Crippen LogP contribution < -0.4 is 10.6 Å². The zero-order valence-electron chi connectivity index (χ0n) is 12.6. The van der Waals surface area contributed by atoms with Gasteiger partial charge in [0.2, 0.25) is 0 Å². The van der Waals surface area contributed by atoms with Crippen LogP contribution in [0.15, 0.2) is 18.2 Å². The zero-order valence-corrected chi connectivity index (χ0v) is 13.4. The van der Waals surface area contributed by atoms with Crippen molar-refractivity contribution in [3.8, 4) is 11.5 Å². The zero-order chi connectivity index (χ0) is 16.1. The van der Waals surface area contributed by atoms with Gasteiger partial charge >= 0.3 is 0 Å². The molecule has 3 heterocycles. The maximum absolute atomic E-state index is 12.6. The van der Waals surface area contributed by atoms with Gasteiger partial charge in [0.25, 0.3) is 5.91 Å². The Labute approximate surface area is 137 Å². The summed E-state index contributed by atoms with van der Waals surface area (Å²) in [4.78, 5) is 16.0. The van der Waals surface area contributed by atoms with E-state index >= 15 is 0 Å². The third-order valence-electron chi connectivity index (χ3n) is 4.35. The third-order valence-corrected chi connectivity index (χ3v) is 5.50. The highest BCUT2D eigenvalue weighted by molar-refractivity contribution is 7.16. The molecule has 120 valence electrons. The SMILES string of the molecule is CN1CCc2c(sc3c2C(=O)NC(c2ccc(O)cc2O)N3)C1. The fraction of sp³-hybridized carbons (Fsp3) is 0.312. The summed E-state index contributed by atoms with van der Waals surface area (Å²) in [5, 5.41) is 26.5. The lowest BCUT2D eigenvalue weighted by Gasteiger charge is -2.27. The van der Waals surface area contributed by atoms with Gasteiger partial charge in [0.1, 0.15) is 22.7 Å². The number of fused-ring (bicyclic) bond motifs is 3. The van der Waals surface area contributed by atoms with E-state index in [1.54, 1.807) is 17.4 Å². The number of nitrogens with zero attached hydrogens (tertiary/aromatic N) is 1. The van der Waals surface area contributed by atoms with E-state index in [0.29, 0.717) is 5.56 Å². The third kappa shape index (κ3) is 2.32. The van der Waals surface area contributed by atoms with Crippen molar-refractivity contribution in [1.82, 2.24) is 10.2 Å². The Kier molecular flexibility index (Phi) is 3.21. The smallest absolute Gasteiger partial charge is 0.256 e. The van der Waals surface area contributed by atoms with E-state index < -0.39 is 6.17 Å². The lowest BCUT2D eigenvalue weighted by atomic mass is 10.0. The number of likely N-dealkylation sites (N-methyl/N-ethyl adjacent to an activating group) is 1. The normalized spacial score (nSPS) is 20.4. The van der Waals surface area contributed by atoms with Crippen molar-refractivity contribution in [2.45, 2.75) is 19.1 Å². The van der Waals surface area contributed by atoms with Crippen LogP contribution in [0.25, 0.3) is 0 Å². The fourth-order valence-corrected chi connectivity index (χ4v) is 4.53. The molecule has 0 spiro atoms. The van der Waals surface area contributed by atoms with E-state index in [4.69, 9.17) is 0 Å². The molecule has 0 radical (unpaired) electrons. The summed E-state index contributed by atoms with van der Waals surface area (Å²) in [6.45, 7) is 1.81. The minimum absolute atomic E-state index is 0.0105. The Balaban J connectivity index is 1.71. The van der Waals surface area contributed by atoms with E-state index in [9.17, 15) is 15.0 Å². The van der Waals surface area contributed by atoms with Crippen LogP contribution in [0.5, 0.6) is 11.5 Å². The van der Waals surface area contributed by atoms with Crippen molar-refractivity contribution in [2.75, 3.05) is 18.9 Å². The molecule has 2 aliphatic rings. The first kappa shape index (κ1) is 14.3. The van der Waals surface area contributed by atoms with Gasteiger partial charge in [0.05, 0.1) is 5.56 Å². The number of anilines is 1. The molecule has 1 amide bonds. The summed E-state index contributed by atoms with van der Waals surface area (Å²) in [6.07, 6.45) is 0.371. The lowest BCUT2D eigenvalue weighted by molar-refractivity contribution is 0.0934. The van der Waals surface area contributed by atoms with E-state index in [1.165, 1.54) is 17.0 Å². The van der Waals surface area contributed by atoms with Crippen molar-refractivity contribution in [3.63, 3.8) is 0 Å². The number of thiophene rings is 1. The quantitative estimate of drug-likeness (QED) is 0.642. The fourth-order valence-electron chi connectivity index (χ4n) is 3.18. The van der Waals surface area contributed by atoms with Crippen LogP contribution in [-0.2, 0) is 13.0 Å². The summed E-state index contributed by atoms with van der Waals surface area (Å²) in [5.41, 5.74) is 2.42. The van der Waals surface area contributed by atoms with Gasteiger partial charge in [0, 0.05) is 29.6 Å². The van der Waals surface area contributed by atoms with E-state index in [1.807, 2.05) is 0 Å². The Morgan fingerprint density at radius 2 is 2.13 bits per heavy atom. The predicted octanol–water partition coefficient (Wildman–Crippen LogP) is 2.00. The first-order chi connectivity index (χ1) is 11.0. The topological polar surface area (TPSA) is 84.8 Å². The Hall–Kier alpha value is -2.25. The van der Waals surface area contributed by atoms with Crippen LogP contribution in [0.4, 0.5) is 5.00 Å². The van der Waals surface area contributed by atoms with Crippen LogP contribution in [0, 0.1) is 0 Å². The van der Waals surface area contributed by atoms with Crippen molar-refractivity contribution >= 4 is 22.2 Å². The Morgan fingerprint density at radius 1 is 1.30 bits per heavy atom. The van der Waals surface area contributed by atoms with Crippen LogP contribution in [0.2, 0.25) is 0 Å². The molecule has 0 saturated heterocycles. The second-order valence-electron chi connectivity index (χ2n) is 5.99. The monoisotopic (exact) mass is 331 g/mol. The highest BCUT2D eigenvalue weighted by atomic mass is 32.1. The Morgan fingerprint density at radius 3 is 2.91 bits per heavy atom. The maximum Gasteiger partial charge on any atom is 0.256 e. The largest absolute Gasteiger partial charge is 0.508 e.